The average molecular weight is 489 g/mol. The van der Waals surface area contributed by atoms with Gasteiger partial charge in [0.2, 0.25) is 0 Å². The minimum atomic E-state index is -0.443. The number of hydrogen-bond acceptors (Lipinski definition) is 6. The number of benzene rings is 1. The summed E-state index contributed by atoms with van der Waals surface area (Å²) in [6, 6.07) is 10.9. The number of aryl methyl sites for hydroxylation is 1. The Kier molecular flexibility index (Phi) is 8.32. The fraction of sp³-hybridized carbons (Fsp3) is 0.304. The highest BCUT2D eigenvalue weighted by Gasteiger charge is 2.19. The topological polar surface area (TPSA) is 108 Å². The van der Waals surface area contributed by atoms with Gasteiger partial charge in [-0.2, -0.15) is 5.10 Å². The molecule has 1 aliphatic rings. The summed E-state index contributed by atoms with van der Waals surface area (Å²) in [4.78, 5) is 31.9. The van der Waals surface area contributed by atoms with E-state index in [2.05, 4.69) is 10.1 Å². The van der Waals surface area contributed by atoms with Gasteiger partial charge < -0.3 is 15.4 Å². The summed E-state index contributed by atoms with van der Waals surface area (Å²) in [7, 11) is 0. The number of nitrogens with zero attached hydrogens (tertiary/aromatic N) is 5. The Bertz CT molecular complexity index is 1230. The standard InChI is InChI=1S/C23H25FN6O3.ClH/c1-16-2-7-20(18-3-5-19(6-4-18)22(31)28-8-10-33-11-9-28)27-21(16)29-15-26-30(23(29)32)14-17(12-24)13-25;/h2-7,12,15H,8-11,13-14,25H2,1H3;1H/b17-12+;. The molecule has 1 aromatic carbocycles. The van der Waals surface area contributed by atoms with E-state index in [1.165, 1.54) is 10.9 Å². The van der Waals surface area contributed by atoms with Gasteiger partial charge in [0.25, 0.3) is 5.91 Å². The number of halogens is 2. The van der Waals surface area contributed by atoms with Crippen LogP contribution in [0.3, 0.4) is 0 Å². The Balaban J connectivity index is 0.00000324. The maximum absolute atomic E-state index is 12.9. The van der Waals surface area contributed by atoms with Gasteiger partial charge in [0.1, 0.15) is 12.1 Å². The van der Waals surface area contributed by atoms with Crippen molar-refractivity contribution in [2.75, 3.05) is 32.8 Å². The number of morpholine rings is 1. The molecule has 0 bridgehead atoms. The summed E-state index contributed by atoms with van der Waals surface area (Å²) in [6.45, 7) is 4.07. The molecule has 0 unspecified atom stereocenters. The van der Waals surface area contributed by atoms with Crippen LogP contribution in [0.25, 0.3) is 17.1 Å². The van der Waals surface area contributed by atoms with Crippen molar-refractivity contribution in [1.29, 1.82) is 0 Å². The van der Waals surface area contributed by atoms with Crippen LogP contribution in [0, 0.1) is 6.92 Å². The first-order valence-corrected chi connectivity index (χ1v) is 10.6. The molecule has 1 amide bonds. The Morgan fingerprint density at radius 1 is 1.18 bits per heavy atom. The molecule has 34 heavy (non-hydrogen) atoms. The number of carbonyl (C=O) groups is 1. The van der Waals surface area contributed by atoms with Gasteiger partial charge in [-0.05, 0) is 36.3 Å². The van der Waals surface area contributed by atoms with Crippen molar-refractivity contribution in [1.82, 2.24) is 24.2 Å². The van der Waals surface area contributed by atoms with Crippen LogP contribution in [0.1, 0.15) is 15.9 Å². The van der Waals surface area contributed by atoms with Crippen LogP contribution >= 0.6 is 12.4 Å². The Hall–Kier alpha value is -3.34. The number of aromatic nitrogens is 4. The van der Waals surface area contributed by atoms with Crippen molar-refractivity contribution in [2.24, 2.45) is 5.73 Å². The molecule has 3 aromatic rings. The van der Waals surface area contributed by atoms with Gasteiger partial charge in [-0.1, -0.05) is 18.2 Å². The Morgan fingerprint density at radius 3 is 2.53 bits per heavy atom. The van der Waals surface area contributed by atoms with Crippen molar-refractivity contribution in [3.63, 3.8) is 0 Å². The molecule has 0 atom stereocenters. The van der Waals surface area contributed by atoms with Crippen molar-refractivity contribution < 1.29 is 13.9 Å². The van der Waals surface area contributed by atoms with E-state index in [0.29, 0.717) is 49.7 Å². The zero-order valence-electron chi connectivity index (χ0n) is 18.7. The number of pyridine rings is 1. The number of amides is 1. The van der Waals surface area contributed by atoms with E-state index in [-0.39, 0.29) is 37.0 Å². The molecule has 1 saturated heterocycles. The molecule has 0 aliphatic carbocycles. The molecule has 3 heterocycles. The summed E-state index contributed by atoms with van der Waals surface area (Å²) in [6.07, 6.45) is 1.75. The molecule has 0 spiro atoms. The fourth-order valence-corrected chi connectivity index (χ4v) is 3.58. The Labute approximate surface area is 202 Å². The van der Waals surface area contributed by atoms with Gasteiger partial charge in [-0.3, -0.25) is 4.79 Å². The van der Waals surface area contributed by atoms with Crippen molar-refractivity contribution in [2.45, 2.75) is 13.5 Å². The fourth-order valence-electron chi connectivity index (χ4n) is 3.58. The highest BCUT2D eigenvalue weighted by molar-refractivity contribution is 5.94. The first kappa shape index (κ1) is 25.3. The molecule has 11 heteroatoms. The second-order valence-corrected chi connectivity index (χ2v) is 7.73. The smallest absolute Gasteiger partial charge is 0.351 e. The number of carbonyl (C=O) groups excluding carboxylic acids is 1. The third kappa shape index (κ3) is 5.24. The van der Waals surface area contributed by atoms with Crippen LogP contribution in [-0.2, 0) is 11.3 Å². The Morgan fingerprint density at radius 2 is 1.88 bits per heavy atom. The van der Waals surface area contributed by atoms with Crippen LogP contribution in [0.2, 0.25) is 0 Å². The summed E-state index contributed by atoms with van der Waals surface area (Å²) in [5.74, 6) is 0.399. The number of ether oxygens (including phenoxy) is 1. The van der Waals surface area contributed by atoms with Crippen LogP contribution < -0.4 is 11.4 Å². The van der Waals surface area contributed by atoms with Gasteiger partial charge in [-0.15, -0.1) is 12.4 Å². The van der Waals surface area contributed by atoms with E-state index in [1.54, 1.807) is 17.0 Å². The lowest BCUT2D eigenvalue weighted by atomic mass is 10.1. The molecule has 180 valence electrons. The third-order valence-electron chi connectivity index (χ3n) is 5.53. The van der Waals surface area contributed by atoms with E-state index in [4.69, 9.17) is 10.5 Å². The van der Waals surface area contributed by atoms with Gasteiger partial charge in [0, 0.05) is 30.8 Å². The molecule has 1 fully saturated rings. The second-order valence-electron chi connectivity index (χ2n) is 7.73. The first-order chi connectivity index (χ1) is 16.0. The lowest BCUT2D eigenvalue weighted by Crippen LogP contribution is -2.40. The summed E-state index contributed by atoms with van der Waals surface area (Å²) in [5.41, 5.74) is 8.12. The molecule has 2 N–H and O–H groups in total. The second kappa shape index (κ2) is 11.2. The van der Waals surface area contributed by atoms with Crippen LogP contribution in [0.4, 0.5) is 4.39 Å². The van der Waals surface area contributed by atoms with E-state index < -0.39 is 5.69 Å². The molecule has 0 radical (unpaired) electrons. The quantitative estimate of drug-likeness (QED) is 0.569. The minimum Gasteiger partial charge on any atom is -0.378 e. The maximum atomic E-state index is 12.9. The van der Waals surface area contributed by atoms with E-state index >= 15 is 0 Å². The predicted octanol–water partition coefficient (Wildman–Crippen LogP) is 2.11. The SMILES string of the molecule is Cc1ccc(-c2ccc(C(=O)N3CCOCC3)cc2)nc1-n1cnn(C/C(=C/F)CN)c1=O.Cl. The van der Waals surface area contributed by atoms with Crippen LogP contribution in [0.15, 0.2) is 59.4 Å². The normalized spacial score (nSPS) is 14.1. The molecule has 2 aromatic heterocycles. The van der Waals surface area contributed by atoms with E-state index in [9.17, 15) is 14.0 Å². The molecule has 0 saturated carbocycles. The molecular formula is C23H26ClFN6O3. The molecule has 9 nitrogen and oxygen atoms in total. The summed E-state index contributed by atoms with van der Waals surface area (Å²) < 4.78 is 20.6. The number of nitrogens with two attached hydrogens (primary N) is 1. The first-order valence-electron chi connectivity index (χ1n) is 10.6. The number of rotatable bonds is 6. The monoisotopic (exact) mass is 488 g/mol. The highest BCUT2D eigenvalue weighted by Crippen LogP contribution is 2.21. The maximum Gasteiger partial charge on any atom is 0.351 e. The van der Waals surface area contributed by atoms with Crippen molar-refractivity contribution in [3.05, 3.63) is 76.2 Å². The third-order valence-corrected chi connectivity index (χ3v) is 5.53. The largest absolute Gasteiger partial charge is 0.378 e. The van der Waals surface area contributed by atoms with E-state index in [1.807, 2.05) is 31.2 Å². The summed E-state index contributed by atoms with van der Waals surface area (Å²) >= 11 is 0. The lowest BCUT2D eigenvalue weighted by Gasteiger charge is -2.26. The summed E-state index contributed by atoms with van der Waals surface area (Å²) in [5, 5.41) is 4.06. The molecular weight excluding hydrogens is 463 g/mol. The van der Waals surface area contributed by atoms with E-state index in [0.717, 1.165) is 15.8 Å². The van der Waals surface area contributed by atoms with Gasteiger partial charge in [0.15, 0.2) is 0 Å². The van der Waals surface area contributed by atoms with Crippen molar-refractivity contribution >= 4 is 18.3 Å². The number of hydrogen-bond donors (Lipinski definition) is 1. The highest BCUT2D eigenvalue weighted by atomic mass is 35.5. The average Bonchev–Trinajstić information content (AvgIpc) is 3.22. The molecule has 1 aliphatic heterocycles. The lowest BCUT2D eigenvalue weighted by molar-refractivity contribution is 0.0303. The van der Waals surface area contributed by atoms with Gasteiger partial charge >= 0.3 is 5.69 Å². The minimum absolute atomic E-state index is 0. The van der Waals surface area contributed by atoms with Crippen LogP contribution in [0.5, 0.6) is 0 Å². The van der Waals surface area contributed by atoms with Gasteiger partial charge in [0.05, 0.1) is 31.8 Å². The van der Waals surface area contributed by atoms with Crippen molar-refractivity contribution in [3.8, 4) is 17.1 Å². The predicted molar refractivity (Wildman–Crippen MR) is 128 cm³/mol. The molecule has 4 rings (SSSR count). The van der Waals surface area contributed by atoms with Gasteiger partial charge in [-0.25, -0.2) is 23.4 Å². The zero-order valence-corrected chi connectivity index (χ0v) is 19.5. The van der Waals surface area contributed by atoms with Crippen LogP contribution in [-0.4, -0.2) is 63.0 Å². The zero-order chi connectivity index (χ0) is 23.4.